The van der Waals surface area contributed by atoms with E-state index in [-0.39, 0.29) is 5.91 Å². The Morgan fingerprint density at radius 3 is 3.16 bits per heavy atom. The summed E-state index contributed by atoms with van der Waals surface area (Å²) in [7, 11) is 0. The Labute approximate surface area is 123 Å². The molecular weight excluding hydrogens is 298 g/mol. The molecule has 7 heteroatoms. The smallest absolute Gasteiger partial charge is 0.250 e. The number of thioether (sulfide) groups is 1. The summed E-state index contributed by atoms with van der Waals surface area (Å²) in [6.07, 6.45) is 5.06. The van der Waals surface area contributed by atoms with Crippen molar-refractivity contribution in [1.82, 2.24) is 10.2 Å². The van der Waals surface area contributed by atoms with Crippen molar-refractivity contribution in [3.63, 3.8) is 0 Å². The zero-order chi connectivity index (χ0) is 13.5. The van der Waals surface area contributed by atoms with E-state index in [1.807, 2.05) is 17.5 Å². The second-order valence-electron chi connectivity index (χ2n) is 3.31. The molecule has 0 aliphatic carbocycles. The van der Waals surface area contributed by atoms with Crippen LogP contribution in [0.15, 0.2) is 40.6 Å². The van der Waals surface area contributed by atoms with Crippen LogP contribution in [0.1, 0.15) is 4.88 Å². The summed E-state index contributed by atoms with van der Waals surface area (Å²) in [5, 5.41) is 13.0. The van der Waals surface area contributed by atoms with Crippen LogP contribution in [0.25, 0.3) is 6.08 Å². The minimum atomic E-state index is -0.204. The Bertz CT molecular complexity index is 575. The van der Waals surface area contributed by atoms with Gasteiger partial charge in [-0.1, -0.05) is 35.2 Å². The molecule has 0 aromatic carbocycles. The molecular formula is C12H11N3OS3. The van der Waals surface area contributed by atoms with Crippen molar-refractivity contribution in [3.05, 3.63) is 41.1 Å². The molecule has 1 N–H and O–H groups in total. The summed E-state index contributed by atoms with van der Waals surface area (Å²) in [6, 6.07) is 3.89. The van der Waals surface area contributed by atoms with Gasteiger partial charge in [0.2, 0.25) is 11.0 Å². The molecule has 0 atom stereocenters. The number of carbonyl (C=O) groups excluding carboxylic acids is 1. The van der Waals surface area contributed by atoms with E-state index in [0.717, 1.165) is 15.0 Å². The van der Waals surface area contributed by atoms with Gasteiger partial charge in [0.05, 0.1) is 0 Å². The molecule has 0 aliphatic rings. The van der Waals surface area contributed by atoms with Crippen LogP contribution in [0.2, 0.25) is 0 Å². The Hall–Kier alpha value is -1.44. The first kappa shape index (κ1) is 14.0. The van der Waals surface area contributed by atoms with Crippen molar-refractivity contribution < 1.29 is 4.79 Å². The van der Waals surface area contributed by atoms with Gasteiger partial charge in [-0.05, 0) is 17.5 Å². The summed E-state index contributed by atoms with van der Waals surface area (Å²) in [5.74, 6) is 0.575. The lowest BCUT2D eigenvalue weighted by atomic mass is 10.4. The third kappa shape index (κ3) is 4.62. The van der Waals surface area contributed by atoms with Crippen LogP contribution in [-0.2, 0) is 4.79 Å². The number of anilines is 1. The first-order valence-electron chi connectivity index (χ1n) is 5.37. The topological polar surface area (TPSA) is 54.9 Å². The second-order valence-corrected chi connectivity index (χ2v) is 6.53. The SMILES string of the molecule is C=CCSc1nnc(NC(=O)/C=C/c2cccs2)s1. The molecule has 0 bridgehead atoms. The average molecular weight is 309 g/mol. The van der Waals surface area contributed by atoms with E-state index in [1.54, 1.807) is 23.5 Å². The van der Waals surface area contributed by atoms with Crippen LogP contribution in [0.4, 0.5) is 5.13 Å². The maximum absolute atomic E-state index is 11.7. The van der Waals surface area contributed by atoms with Gasteiger partial charge >= 0.3 is 0 Å². The quantitative estimate of drug-likeness (QED) is 0.384. The van der Waals surface area contributed by atoms with E-state index in [4.69, 9.17) is 0 Å². The molecule has 0 radical (unpaired) electrons. The highest BCUT2D eigenvalue weighted by atomic mass is 32.2. The van der Waals surface area contributed by atoms with Gasteiger partial charge in [-0.15, -0.1) is 28.1 Å². The van der Waals surface area contributed by atoms with Gasteiger partial charge in [0.25, 0.3) is 0 Å². The van der Waals surface area contributed by atoms with E-state index in [0.29, 0.717) is 5.13 Å². The lowest BCUT2D eigenvalue weighted by molar-refractivity contribution is -0.111. The van der Waals surface area contributed by atoms with E-state index in [9.17, 15) is 4.79 Å². The molecule has 0 fully saturated rings. The van der Waals surface area contributed by atoms with Crippen molar-refractivity contribution in [1.29, 1.82) is 0 Å². The summed E-state index contributed by atoms with van der Waals surface area (Å²) in [5.41, 5.74) is 0. The fourth-order valence-electron chi connectivity index (χ4n) is 1.14. The van der Waals surface area contributed by atoms with Crippen molar-refractivity contribution in [3.8, 4) is 0 Å². The largest absolute Gasteiger partial charge is 0.297 e. The number of thiophene rings is 1. The number of hydrogen-bond acceptors (Lipinski definition) is 6. The molecule has 0 aliphatic heterocycles. The van der Waals surface area contributed by atoms with Gasteiger partial charge in [0, 0.05) is 16.7 Å². The third-order valence-corrected chi connectivity index (χ3v) is 4.71. The van der Waals surface area contributed by atoms with E-state index < -0.39 is 0 Å². The third-order valence-electron chi connectivity index (χ3n) is 1.90. The second kappa shape index (κ2) is 7.22. The number of amides is 1. The van der Waals surface area contributed by atoms with Crippen molar-refractivity contribution in [2.45, 2.75) is 4.34 Å². The molecule has 4 nitrogen and oxygen atoms in total. The lowest BCUT2D eigenvalue weighted by Crippen LogP contribution is -2.07. The lowest BCUT2D eigenvalue weighted by Gasteiger charge is -1.93. The first-order valence-corrected chi connectivity index (χ1v) is 8.06. The molecule has 2 heterocycles. The predicted octanol–water partition coefficient (Wildman–Crippen LogP) is 3.53. The molecule has 98 valence electrons. The van der Waals surface area contributed by atoms with Crippen LogP contribution < -0.4 is 5.32 Å². The van der Waals surface area contributed by atoms with Crippen molar-refractivity contribution in [2.75, 3.05) is 11.1 Å². The van der Waals surface area contributed by atoms with Crippen LogP contribution in [-0.4, -0.2) is 21.9 Å². The van der Waals surface area contributed by atoms with Gasteiger partial charge < -0.3 is 0 Å². The Morgan fingerprint density at radius 1 is 1.53 bits per heavy atom. The normalized spacial score (nSPS) is 10.7. The molecule has 0 unspecified atom stereocenters. The summed E-state index contributed by atoms with van der Waals surface area (Å²) in [4.78, 5) is 12.7. The van der Waals surface area contributed by atoms with E-state index >= 15 is 0 Å². The Kier molecular flexibility index (Phi) is 5.31. The molecule has 0 spiro atoms. The number of carbonyl (C=O) groups is 1. The molecule has 19 heavy (non-hydrogen) atoms. The monoisotopic (exact) mass is 309 g/mol. The maximum atomic E-state index is 11.7. The van der Waals surface area contributed by atoms with Crippen molar-refractivity contribution in [2.24, 2.45) is 0 Å². The fraction of sp³-hybridized carbons (Fsp3) is 0.0833. The molecule has 0 saturated heterocycles. The number of rotatable bonds is 6. The molecule has 1 amide bonds. The Morgan fingerprint density at radius 2 is 2.42 bits per heavy atom. The maximum Gasteiger partial charge on any atom is 0.250 e. The number of aromatic nitrogens is 2. The standard InChI is InChI=1S/C12H11N3OS3/c1-2-7-18-12-15-14-11(19-12)13-10(16)6-5-9-4-3-8-17-9/h2-6,8H,1,7H2,(H,13,14,16)/b6-5+. The van der Waals surface area contributed by atoms with Gasteiger partial charge in [-0.3, -0.25) is 10.1 Å². The van der Waals surface area contributed by atoms with Crippen LogP contribution in [0.3, 0.4) is 0 Å². The number of nitrogens with zero attached hydrogens (tertiary/aromatic N) is 2. The van der Waals surface area contributed by atoms with Gasteiger partial charge in [0.15, 0.2) is 4.34 Å². The van der Waals surface area contributed by atoms with E-state index in [2.05, 4.69) is 22.1 Å². The summed E-state index contributed by atoms with van der Waals surface area (Å²) < 4.78 is 0.817. The highest BCUT2D eigenvalue weighted by molar-refractivity contribution is 8.01. The number of hydrogen-bond donors (Lipinski definition) is 1. The van der Waals surface area contributed by atoms with Crippen LogP contribution in [0, 0.1) is 0 Å². The average Bonchev–Trinajstić information content (AvgIpc) is 3.05. The van der Waals surface area contributed by atoms with Crippen LogP contribution >= 0.6 is 34.4 Å². The summed E-state index contributed by atoms with van der Waals surface area (Å²) in [6.45, 7) is 3.64. The van der Waals surface area contributed by atoms with Crippen LogP contribution in [0.5, 0.6) is 0 Å². The molecule has 0 saturated carbocycles. The number of nitrogens with one attached hydrogen (secondary N) is 1. The molecule has 2 aromatic heterocycles. The minimum Gasteiger partial charge on any atom is -0.297 e. The minimum absolute atomic E-state index is 0.204. The zero-order valence-corrected chi connectivity index (χ0v) is 12.4. The predicted molar refractivity (Wildman–Crippen MR) is 82.8 cm³/mol. The highest BCUT2D eigenvalue weighted by Crippen LogP contribution is 2.25. The molecule has 2 rings (SSSR count). The van der Waals surface area contributed by atoms with E-state index in [1.165, 1.54) is 29.2 Å². The summed E-state index contributed by atoms with van der Waals surface area (Å²) >= 11 is 4.47. The highest BCUT2D eigenvalue weighted by Gasteiger charge is 2.05. The molecule has 2 aromatic rings. The fourth-order valence-corrected chi connectivity index (χ4v) is 3.27. The first-order chi connectivity index (χ1) is 9.28. The van der Waals surface area contributed by atoms with Gasteiger partial charge in [-0.25, -0.2) is 0 Å². The zero-order valence-electron chi connectivity index (χ0n) is 9.91. The van der Waals surface area contributed by atoms with Gasteiger partial charge in [0.1, 0.15) is 0 Å². The van der Waals surface area contributed by atoms with Crippen molar-refractivity contribution >= 4 is 51.6 Å². The Balaban J connectivity index is 1.88. The van der Waals surface area contributed by atoms with Gasteiger partial charge in [-0.2, -0.15) is 0 Å².